The molecule has 0 spiro atoms. The van der Waals surface area contributed by atoms with E-state index in [1.54, 1.807) is 6.07 Å². The topological polar surface area (TPSA) is 29.9 Å². The highest BCUT2D eigenvalue weighted by Crippen LogP contribution is 2.24. The molecule has 5 heteroatoms. The number of nitrogens with zero attached hydrogens (tertiary/aromatic N) is 2. The van der Waals surface area contributed by atoms with E-state index in [9.17, 15) is 4.39 Å². The van der Waals surface area contributed by atoms with Crippen LogP contribution in [0.3, 0.4) is 0 Å². The fraction of sp³-hybridized carbons (Fsp3) is 0.438. The Morgan fingerprint density at radius 2 is 2.19 bits per heavy atom. The van der Waals surface area contributed by atoms with Crippen LogP contribution in [0.15, 0.2) is 30.6 Å². The largest absolute Gasteiger partial charge is 0.310 e. The summed E-state index contributed by atoms with van der Waals surface area (Å²) >= 11 is 6.13. The molecule has 0 amide bonds. The van der Waals surface area contributed by atoms with E-state index < -0.39 is 0 Å². The molecule has 0 saturated heterocycles. The van der Waals surface area contributed by atoms with Gasteiger partial charge in [-0.05, 0) is 37.1 Å². The van der Waals surface area contributed by atoms with Crippen LogP contribution >= 0.6 is 11.6 Å². The maximum absolute atomic E-state index is 13.1. The molecule has 0 saturated carbocycles. The normalized spacial score (nSPS) is 12.6. The van der Waals surface area contributed by atoms with Crippen molar-refractivity contribution in [1.82, 2.24) is 15.1 Å². The van der Waals surface area contributed by atoms with Crippen molar-refractivity contribution in [3.8, 4) is 0 Å². The van der Waals surface area contributed by atoms with Crippen LogP contribution in [0.4, 0.5) is 4.39 Å². The summed E-state index contributed by atoms with van der Waals surface area (Å²) in [5.74, 6) is -0.306. The highest BCUT2D eigenvalue weighted by molar-refractivity contribution is 6.31. The molecule has 1 heterocycles. The molecule has 1 aromatic heterocycles. The van der Waals surface area contributed by atoms with Crippen molar-refractivity contribution >= 4 is 11.6 Å². The first-order valence-electron chi connectivity index (χ1n) is 7.33. The van der Waals surface area contributed by atoms with Gasteiger partial charge < -0.3 is 5.32 Å². The maximum atomic E-state index is 13.1. The Morgan fingerprint density at radius 3 is 2.86 bits per heavy atom. The predicted molar refractivity (Wildman–Crippen MR) is 84.0 cm³/mol. The molecule has 2 aromatic rings. The van der Waals surface area contributed by atoms with Gasteiger partial charge in [-0.3, -0.25) is 4.68 Å². The molecule has 114 valence electrons. The van der Waals surface area contributed by atoms with E-state index >= 15 is 0 Å². The Labute approximate surface area is 130 Å². The van der Waals surface area contributed by atoms with Crippen LogP contribution in [0.1, 0.15) is 37.4 Å². The predicted octanol–water partition coefficient (Wildman–Crippen LogP) is 3.98. The van der Waals surface area contributed by atoms with Gasteiger partial charge in [0, 0.05) is 29.4 Å². The second-order valence-corrected chi connectivity index (χ2v) is 5.49. The lowest BCUT2D eigenvalue weighted by molar-refractivity contribution is 0.546. The van der Waals surface area contributed by atoms with Crippen LogP contribution < -0.4 is 5.32 Å². The van der Waals surface area contributed by atoms with Crippen molar-refractivity contribution in [2.24, 2.45) is 0 Å². The first-order valence-corrected chi connectivity index (χ1v) is 7.71. The molecule has 0 aliphatic heterocycles. The SMILES string of the molecule is CCCn1cc(C(Cc2ccc(F)cc2Cl)NCC)cn1. The van der Waals surface area contributed by atoms with Gasteiger partial charge in [0.05, 0.1) is 6.20 Å². The number of nitrogens with one attached hydrogen (secondary N) is 1. The zero-order valence-electron chi connectivity index (χ0n) is 12.4. The molecule has 0 radical (unpaired) electrons. The number of aromatic nitrogens is 2. The fourth-order valence-corrected chi connectivity index (χ4v) is 2.62. The molecule has 2 rings (SSSR count). The van der Waals surface area contributed by atoms with Crippen LogP contribution in [-0.2, 0) is 13.0 Å². The quantitative estimate of drug-likeness (QED) is 0.838. The molecule has 1 unspecified atom stereocenters. The van der Waals surface area contributed by atoms with Gasteiger partial charge >= 0.3 is 0 Å². The highest BCUT2D eigenvalue weighted by Gasteiger charge is 2.15. The van der Waals surface area contributed by atoms with Crippen LogP contribution in [0, 0.1) is 5.82 Å². The van der Waals surface area contributed by atoms with E-state index in [-0.39, 0.29) is 11.9 Å². The Kier molecular flexibility index (Phi) is 5.76. The summed E-state index contributed by atoms with van der Waals surface area (Å²) in [4.78, 5) is 0. The number of likely N-dealkylation sites (N-methyl/N-ethyl adjacent to an activating group) is 1. The van der Waals surface area contributed by atoms with E-state index in [1.165, 1.54) is 12.1 Å². The second kappa shape index (κ2) is 7.57. The standard InChI is InChI=1S/C16H21ClFN3/c1-3-7-21-11-13(10-20-21)16(19-4-2)8-12-5-6-14(18)9-15(12)17/h5-6,9-11,16,19H,3-4,7-8H2,1-2H3. The third-order valence-corrected chi connectivity index (χ3v) is 3.75. The molecule has 1 N–H and O–H groups in total. The summed E-state index contributed by atoms with van der Waals surface area (Å²) in [7, 11) is 0. The lowest BCUT2D eigenvalue weighted by Crippen LogP contribution is -2.22. The third-order valence-electron chi connectivity index (χ3n) is 3.40. The van der Waals surface area contributed by atoms with E-state index in [4.69, 9.17) is 11.6 Å². The molecule has 0 fully saturated rings. The average Bonchev–Trinajstić information content (AvgIpc) is 2.90. The molecular formula is C16H21ClFN3. The van der Waals surface area contributed by atoms with Gasteiger partial charge in [0.1, 0.15) is 5.82 Å². The molecule has 21 heavy (non-hydrogen) atoms. The Balaban J connectivity index is 2.17. The minimum absolute atomic E-state index is 0.128. The lowest BCUT2D eigenvalue weighted by atomic mass is 10.0. The van der Waals surface area contributed by atoms with Crippen molar-refractivity contribution in [3.05, 3.63) is 52.6 Å². The van der Waals surface area contributed by atoms with Crippen molar-refractivity contribution in [3.63, 3.8) is 0 Å². The molecule has 0 aliphatic rings. The van der Waals surface area contributed by atoms with Crippen molar-refractivity contribution < 1.29 is 4.39 Å². The summed E-state index contributed by atoms with van der Waals surface area (Å²) in [5, 5.41) is 8.28. The van der Waals surface area contributed by atoms with Gasteiger partial charge in [0.15, 0.2) is 0 Å². The molecular weight excluding hydrogens is 289 g/mol. The molecule has 0 aliphatic carbocycles. The van der Waals surface area contributed by atoms with E-state index in [0.29, 0.717) is 11.4 Å². The van der Waals surface area contributed by atoms with Crippen molar-refractivity contribution in [2.45, 2.75) is 39.3 Å². The fourth-order valence-electron chi connectivity index (χ4n) is 2.37. The number of rotatable bonds is 7. The Morgan fingerprint density at radius 1 is 1.38 bits per heavy atom. The molecule has 1 atom stereocenters. The second-order valence-electron chi connectivity index (χ2n) is 5.09. The van der Waals surface area contributed by atoms with Gasteiger partial charge in [0.2, 0.25) is 0 Å². The molecule has 3 nitrogen and oxygen atoms in total. The van der Waals surface area contributed by atoms with Crippen LogP contribution in [0.25, 0.3) is 0 Å². The van der Waals surface area contributed by atoms with Gasteiger partial charge in [-0.25, -0.2) is 4.39 Å². The Bertz CT molecular complexity index is 583. The summed E-state index contributed by atoms with van der Waals surface area (Å²) in [6, 6.07) is 4.69. The molecule has 1 aromatic carbocycles. The van der Waals surface area contributed by atoms with Gasteiger partial charge in [-0.1, -0.05) is 31.5 Å². The van der Waals surface area contributed by atoms with Crippen molar-refractivity contribution in [2.75, 3.05) is 6.54 Å². The zero-order valence-corrected chi connectivity index (χ0v) is 13.2. The summed E-state index contributed by atoms with van der Waals surface area (Å²) in [6.07, 6.45) is 5.72. The number of hydrogen-bond acceptors (Lipinski definition) is 2. The van der Waals surface area contributed by atoms with Gasteiger partial charge in [0.25, 0.3) is 0 Å². The average molecular weight is 310 g/mol. The summed E-state index contributed by atoms with van der Waals surface area (Å²) in [5.41, 5.74) is 2.07. The zero-order chi connectivity index (χ0) is 15.2. The monoisotopic (exact) mass is 309 g/mol. The van der Waals surface area contributed by atoms with Crippen LogP contribution in [-0.4, -0.2) is 16.3 Å². The first kappa shape index (κ1) is 16.0. The Hall–Kier alpha value is -1.39. The highest BCUT2D eigenvalue weighted by atomic mass is 35.5. The number of benzene rings is 1. The van der Waals surface area contributed by atoms with Gasteiger partial charge in [-0.2, -0.15) is 5.10 Å². The number of aryl methyl sites for hydroxylation is 1. The molecule has 0 bridgehead atoms. The third kappa shape index (κ3) is 4.29. The number of halogens is 2. The summed E-state index contributed by atoms with van der Waals surface area (Å²) in [6.45, 7) is 5.95. The first-order chi connectivity index (χ1) is 10.1. The smallest absolute Gasteiger partial charge is 0.124 e. The lowest BCUT2D eigenvalue weighted by Gasteiger charge is -2.17. The minimum Gasteiger partial charge on any atom is -0.310 e. The van der Waals surface area contributed by atoms with E-state index in [2.05, 4.69) is 30.5 Å². The van der Waals surface area contributed by atoms with Crippen LogP contribution in [0.2, 0.25) is 5.02 Å². The van der Waals surface area contributed by atoms with Crippen molar-refractivity contribution in [1.29, 1.82) is 0 Å². The summed E-state index contributed by atoms with van der Waals surface area (Å²) < 4.78 is 15.1. The maximum Gasteiger partial charge on any atom is 0.124 e. The van der Waals surface area contributed by atoms with E-state index in [0.717, 1.165) is 30.6 Å². The van der Waals surface area contributed by atoms with Gasteiger partial charge in [-0.15, -0.1) is 0 Å². The number of hydrogen-bond donors (Lipinski definition) is 1. The minimum atomic E-state index is -0.306. The van der Waals surface area contributed by atoms with E-state index in [1.807, 2.05) is 10.9 Å². The van der Waals surface area contributed by atoms with Crippen LogP contribution in [0.5, 0.6) is 0 Å².